The van der Waals surface area contributed by atoms with Gasteiger partial charge in [0.15, 0.2) is 0 Å². The number of furan rings is 1. The predicted molar refractivity (Wildman–Crippen MR) is 92.4 cm³/mol. The van der Waals surface area contributed by atoms with Crippen LogP contribution in [0.4, 0.5) is 0 Å². The van der Waals surface area contributed by atoms with E-state index in [0.29, 0.717) is 42.3 Å². The molecule has 0 aromatic carbocycles. The zero-order chi connectivity index (χ0) is 18.4. The van der Waals surface area contributed by atoms with Gasteiger partial charge < -0.3 is 14.4 Å². The van der Waals surface area contributed by atoms with Crippen molar-refractivity contribution < 1.29 is 14.3 Å². The van der Waals surface area contributed by atoms with E-state index in [2.05, 4.69) is 10.2 Å². The molecule has 4 heterocycles. The van der Waals surface area contributed by atoms with E-state index in [4.69, 9.17) is 4.42 Å². The first kappa shape index (κ1) is 16.6. The number of aromatic nitrogens is 4. The third kappa shape index (κ3) is 2.72. The molecular weight excluding hydrogens is 334 g/mol. The molecule has 0 fully saturated rings. The van der Waals surface area contributed by atoms with Gasteiger partial charge in [0, 0.05) is 19.8 Å². The van der Waals surface area contributed by atoms with Crippen molar-refractivity contribution in [3.63, 3.8) is 0 Å². The highest BCUT2D eigenvalue weighted by Gasteiger charge is 2.27. The van der Waals surface area contributed by atoms with Gasteiger partial charge in [-0.3, -0.25) is 14.2 Å². The van der Waals surface area contributed by atoms with E-state index in [1.807, 2.05) is 17.7 Å². The Morgan fingerprint density at radius 1 is 1.31 bits per heavy atom. The van der Waals surface area contributed by atoms with Crippen molar-refractivity contribution in [1.29, 1.82) is 0 Å². The summed E-state index contributed by atoms with van der Waals surface area (Å²) < 4.78 is 8.96. The molecule has 0 saturated carbocycles. The topological polar surface area (TPSA) is 89.3 Å². The summed E-state index contributed by atoms with van der Waals surface area (Å²) in [6, 6.07) is 5.40. The Morgan fingerprint density at radius 2 is 2.12 bits per heavy atom. The highest BCUT2D eigenvalue weighted by atomic mass is 16.3. The number of aliphatic hydroxyl groups is 1. The summed E-state index contributed by atoms with van der Waals surface area (Å²) >= 11 is 0. The molecule has 0 spiro atoms. The number of fused-ring (bicyclic) bond motifs is 1. The van der Waals surface area contributed by atoms with Gasteiger partial charge in [-0.1, -0.05) is 0 Å². The minimum Gasteiger partial charge on any atom is -0.466 e. The number of nitrogens with zero attached hydrogens (tertiary/aromatic N) is 5. The summed E-state index contributed by atoms with van der Waals surface area (Å²) in [5, 5.41) is 19.2. The molecule has 3 aromatic heterocycles. The predicted octanol–water partition coefficient (Wildman–Crippen LogP) is 1.56. The van der Waals surface area contributed by atoms with Crippen LogP contribution in [0.15, 0.2) is 28.8 Å². The first-order chi connectivity index (χ1) is 12.4. The van der Waals surface area contributed by atoms with E-state index in [1.165, 1.54) is 0 Å². The maximum absolute atomic E-state index is 12.8. The van der Waals surface area contributed by atoms with E-state index >= 15 is 0 Å². The quantitative estimate of drug-likeness (QED) is 0.770. The maximum atomic E-state index is 12.8. The molecule has 1 unspecified atom stereocenters. The first-order valence-electron chi connectivity index (χ1n) is 8.53. The number of carbonyl (C=O) groups is 1. The summed E-state index contributed by atoms with van der Waals surface area (Å²) in [5.74, 6) is 1.33. The molecule has 8 nitrogen and oxygen atoms in total. The van der Waals surface area contributed by atoms with Crippen LogP contribution in [0, 0.1) is 13.8 Å². The molecule has 1 aliphatic rings. The van der Waals surface area contributed by atoms with E-state index < -0.39 is 6.10 Å². The van der Waals surface area contributed by atoms with Crippen molar-refractivity contribution in [2.45, 2.75) is 33.0 Å². The van der Waals surface area contributed by atoms with Crippen LogP contribution in [0.5, 0.6) is 0 Å². The minimum absolute atomic E-state index is 0.0412. The summed E-state index contributed by atoms with van der Waals surface area (Å²) in [7, 11) is 1.78. The van der Waals surface area contributed by atoms with Crippen molar-refractivity contribution in [1.82, 2.24) is 24.5 Å². The van der Waals surface area contributed by atoms with Crippen molar-refractivity contribution in [3.05, 3.63) is 58.6 Å². The van der Waals surface area contributed by atoms with Gasteiger partial charge in [0.1, 0.15) is 17.6 Å². The molecule has 1 N–H and O–H groups in total. The smallest absolute Gasteiger partial charge is 0.257 e. The fraction of sp³-hybridized carbons (Fsp3) is 0.389. The first-order valence-corrected chi connectivity index (χ1v) is 8.53. The molecule has 26 heavy (non-hydrogen) atoms. The van der Waals surface area contributed by atoms with Crippen LogP contribution in [-0.2, 0) is 20.1 Å². The van der Waals surface area contributed by atoms with Crippen LogP contribution < -0.4 is 0 Å². The lowest BCUT2D eigenvalue weighted by molar-refractivity contribution is 0.0704. The van der Waals surface area contributed by atoms with Gasteiger partial charge >= 0.3 is 0 Å². The van der Waals surface area contributed by atoms with Crippen LogP contribution in [-0.4, -0.2) is 42.0 Å². The van der Waals surface area contributed by atoms with Crippen LogP contribution in [0.2, 0.25) is 0 Å². The highest BCUT2D eigenvalue weighted by Crippen LogP contribution is 2.24. The Bertz CT molecular complexity index is 968. The Morgan fingerprint density at radius 3 is 2.77 bits per heavy atom. The van der Waals surface area contributed by atoms with Crippen molar-refractivity contribution in [2.24, 2.45) is 7.05 Å². The summed E-state index contributed by atoms with van der Waals surface area (Å²) in [4.78, 5) is 14.6. The SMILES string of the molecule is Cc1cc(C(=O)N2CCn3nc(C(O)c4ccnn4C)cc3C2)c(C)o1. The van der Waals surface area contributed by atoms with E-state index in [-0.39, 0.29) is 5.91 Å². The van der Waals surface area contributed by atoms with Crippen molar-refractivity contribution in [3.8, 4) is 0 Å². The largest absolute Gasteiger partial charge is 0.466 e. The molecule has 0 bridgehead atoms. The number of hydrogen-bond acceptors (Lipinski definition) is 5. The van der Waals surface area contributed by atoms with Crippen molar-refractivity contribution in [2.75, 3.05) is 6.54 Å². The van der Waals surface area contributed by atoms with Gasteiger partial charge in [-0.05, 0) is 32.0 Å². The average Bonchev–Trinajstić information content (AvgIpc) is 3.31. The second-order valence-electron chi connectivity index (χ2n) is 6.62. The van der Waals surface area contributed by atoms with Crippen molar-refractivity contribution >= 4 is 5.91 Å². The molecule has 8 heteroatoms. The van der Waals surface area contributed by atoms with Gasteiger partial charge in [0.2, 0.25) is 0 Å². The Hall–Kier alpha value is -2.87. The number of rotatable bonds is 3. The Labute approximate surface area is 150 Å². The fourth-order valence-electron chi connectivity index (χ4n) is 3.41. The molecular formula is C18H21N5O3. The highest BCUT2D eigenvalue weighted by molar-refractivity contribution is 5.95. The molecule has 1 amide bonds. The summed E-state index contributed by atoms with van der Waals surface area (Å²) in [6.07, 6.45) is 0.799. The van der Waals surface area contributed by atoms with Crippen LogP contribution >= 0.6 is 0 Å². The standard InChI is InChI=1S/C18H21N5O3/c1-11-8-14(12(2)26-11)18(25)22-6-7-23-13(10-22)9-15(20-23)17(24)16-4-5-19-21(16)3/h4-5,8-9,17,24H,6-7,10H2,1-3H3. The zero-order valence-corrected chi connectivity index (χ0v) is 15.0. The monoisotopic (exact) mass is 355 g/mol. The molecule has 0 radical (unpaired) electrons. The molecule has 3 aromatic rings. The molecule has 1 atom stereocenters. The minimum atomic E-state index is -0.844. The maximum Gasteiger partial charge on any atom is 0.257 e. The van der Waals surface area contributed by atoms with Crippen LogP contribution in [0.3, 0.4) is 0 Å². The second kappa shape index (κ2) is 6.14. The lowest BCUT2D eigenvalue weighted by Crippen LogP contribution is -2.38. The van der Waals surface area contributed by atoms with Gasteiger partial charge in [0.25, 0.3) is 5.91 Å². The third-order valence-corrected chi connectivity index (χ3v) is 4.79. The summed E-state index contributed by atoms with van der Waals surface area (Å²) in [6.45, 7) is 5.25. The van der Waals surface area contributed by atoms with E-state index in [9.17, 15) is 9.90 Å². The number of carbonyl (C=O) groups excluding carboxylic acids is 1. The van der Waals surface area contributed by atoms with E-state index in [0.717, 1.165) is 11.5 Å². The van der Waals surface area contributed by atoms with Gasteiger partial charge in [-0.25, -0.2) is 0 Å². The number of aliphatic hydroxyl groups excluding tert-OH is 1. The van der Waals surface area contributed by atoms with Gasteiger partial charge in [-0.15, -0.1) is 0 Å². The molecule has 4 rings (SSSR count). The lowest BCUT2D eigenvalue weighted by Gasteiger charge is -2.27. The Kier molecular flexibility index (Phi) is 3.91. The van der Waals surface area contributed by atoms with Crippen LogP contribution in [0.1, 0.15) is 45.1 Å². The molecule has 0 saturated heterocycles. The lowest BCUT2D eigenvalue weighted by atomic mass is 10.1. The summed E-state index contributed by atoms with van der Waals surface area (Å²) in [5.41, 5.74) is 2.75. The normalized spacial score (nSPS) is 15.2. The molecule has 136 valence electrons. The third-order valence-electron chi connectivity index (χ3n) is 4.79. The van der Waals surface area contributed by atoms with Crippen LogP contribution in [0.25, 0.3) is 0 Å². The molecule has 0 aliphatic carbocycles. The number of hydrogen-bond donors (Lipinski definition) is 1. The Balaban J connectivity index is 1.56. The van der Waals surface area contributed by atoms with Gasteiger partial charge in [-0.2, -0.15) is 10.2 Å². The molecule has 1 aliphatic heterocycles. The van der Waals surface area contributed by atoms with Gasteiger partial charge in [0.05, 0.1) is 35.7 Å². The number of amides is 1. The fourth-order valence-corrected chi connectivity index (χ4v) is 3.41. The zero-order valence-electron chi connectivity index (χ0n) is 15.0. The second-order valence-corrected chi connectivity index (χ2v) is 6.62. The van der Waals surface area contributed by atoms with E-state index in [1.54, 1.807) is 41.9 Å². The average molecular weight is 355 g/mol. The number of aryl methyl sites for hydroxylation is 3.